The molecule has 35 heavy (non-hydrogen) atoms. The highest BCUT2D eigenvalue weighted by Crippen LogP contribution is 2.30. The van der Waals surface area contributed by atoms with Gasteiger partial charge in [0.15, 0.2) is 0 Å². The van der Waals surface area contributed by atoms with Crippen LogP contribution in [-0.2, 0) is 26.0 Å². The van der Waals surface area contributed by atoms with Crippen LogP contribution in [0.2, 0.25) is 0 Å². The van der Waals surface area contributed by atoms with E-state index in [9.17, 15) is 18.0 Å². The summed E-state index contributed by atoms with van der Waals surface area (Å²) in [6, 6.07) is 14.4. The largest absolute Gasteiger partial charge is 0.350 e. The van der Waals surface area contributed by atoms with E-state index in [-0.39, 0.29) is 21.6 Å². The average molecular weight is 512 g/mol. The monoisotopic (exact) mass is 511 g/mol. The van der Waals surface area contributed by atoms with Crippen LogP contribution in [0.1, 0.15) is 25.3 Å². The molecule has 180 valence electrons. The van der Waals surface area contributed by atoms with Crippen LogP contribution in [0.25, 0.3) is 0 Å². The van der Waals surface area contributed by atoms with Crippen molar-refractivity contribution in [3.8, 4) is 0 Å². The summed E-state index contributed by atoms with van der Waals surface area (Å²) in [5, 5.41) is 2.59. The highest BCUT2D eigenvalue weighted by Gasteiger charge is 2.39. The Morgan fingerprint density at radius 1 is 0.943 bits per heavy atom. The van der Waals surface area contributed by atoms with Crippen LogP contribution in [0.5, 0.6) is 0 Å². The Morgan fingerprint density at radius 3 is 2.23 bits per heavy atom. The van der Waals surface area contributed by atoms with E-state index in [0.29, 0.717) is 11.4 Å². The van der Waals surface area contributed by atoms with E-state index in [1.807, 2.05) is 12.1 Å². The standard InChI is InChI=1S/C24H22ClN5O4S/c1-2-3-5-16-6-10-18(11-7-16)30-22(31)20(25)21(23(30)32)28-17-8-12-19(13-9-17)35(33,34)29-24-26-14-4-15-27-24/h4,6-15,28H,2-3,5H2,1H3,(H,26,27,29). The zero-order valence-electron chi connectivity index (χ0n) is 18.7. The maximum atomic E-state index is 13.0. The second-order valence-corrected chi connectivity index (χ2v) is 9.79. The van der Waals surface area contributed by atoms with Gasteiger partial charge in [-0.2, -0.15) is 0 Å². The van der Waals surface area contributed by atoms with Gasteiger partial charge in [-0.05, 0) is 60.9 Å². The van der Waals surface area contributed by atoms with Crippen molar-refractivity contribution in [3.05, 3.63) is 83.3 Å². The molecule has 2 heterocycles. The van der Waals surface area contributed by atoms with E-state index < -0.39 is 21.8 Å². The third-order valence-corrected chi connectivity index (χ3v) is 6.96. The number of amides is 2. The molecule has 2 N–H and O–H groups in total. The molecule has 4 rings (SSSR count). The quantitative estimate of drug-likeness (QED) is 0.415. The van der Waals surface area contributed by atoms with E-state index in [0.717, 1.165) is 29.7 Å². The molecule has 0 unspecified atom stereocenters. The van der Waals surface area contributed by atoms with Crippen molar-refractivity contribution in [2.24, 2.45) is 0 Å². The van der Waals surface area contributed by atoms with Gasteiger partial charge in [0, 0.05) is 18.1 Å². The van der Waals surface area contributed by atoms with Gasteiger partial charge in [-0.3, -0.25) is 9.59 Å². The number of rotatable bonds is 9. The lowest BCUT2D eigenvalue weighted by atomic mass is 10.1. The minimum Gasteiger partial charge on any atom is -0.350 e. The topological polar surface area (TPSA) is 121 Å². The lowest BCUT2D eigenvalue weighted by Gasteiger charge is -2.15. The summed E-state index contributed by atoms with van der Waals surface area (Å²) in [6.07, 6.45) is 5.88. The Kier molecular flexibility index (Phi) is 7.13. The summed E-state index contributed by atoms with van der Waals surface area (Å²) in [6.45, 7) is 2.11. The molecule has 1 aliphatic heterocycles. The third kappa shape index (κ3) is 5.33. The van der Waals surface area contributed by atoms with Gasteiger partial charge in [-0.1, -0.05) is 37.1 Å². The first-order chi connectivity index (χ1) is 16.8. The molecule has 9 nitrogen and oxygen atoms in total. The highest BCUT2D eigenvalue weighted by molar-refractivity contribution is 7.92. The zero-order valence-corrected chi connectivity index (χ0v) is 20.3. The number of aromatic nitrogens is 2. The predicted octanol–water partition coefficient (Wildman–Crippen LogP) is 4.06. The Bertz CT molecular complexity index is 1380. The van der Waals surface area contributed by atoms with Gasteiger partial charge in [0.25, 0.3) is 21.8 Å². The predicted molar refractivity (Wildman–Crippen MR) is 133 cm³/mol. The number of nitrogens with zero attached hydrogens (tertiary/aromatic N) is 3. The lowest BCUT2D eigenvalue weighted by molar-refractivity contribution is -0.120. The molecule has 0 bridgehead atoms. The summed E-state index contributed by atoms with van der Waals surface area (Å²) in [7, 11) is -3.91. The molecule has 2 aromatic carbocycles. The number of imide groups is 1. The maximum Gasteiger partial charge on any atom is 0.283 e. The summed E-state index contributed by atoms with van der Waals surface area (Å²) in [5.41, 5.74) is 1.84. The van der Waals surface area contributed by atoms with Gasteiger partial charge >= 0.3 is 0 Å². The smallest absolute Gasteiger partial charge is 0.283 e. The molecular formula is C24H22ClN5O4S. The molecule has 0 atom stereocenters. The van der Waals surface area contributed by atoms with Gasteiger partial charge in [0.2, 0.25) is 5.95 Å². The van der Waals surface area contributed by atoms with Crippen LogP contribution in [0.4, 0.5) is 17.3 Å². The third-order valence-electron chi connectivity index (χ3n) is 5.27. The Morgan fingerprint density at radius 2 is 1.60 bits per heavy atom. The van der Waals surface area contributed by atoms with Crippen molar-refractivity contribution in [2.75, 3.05) is 14.9 Å². The van der Waals surface area contributed by atoms with Crippen molar-refractivity contribution < 1.29 is 18.0 Å². The number of unbranched alkanes of at least 4 members (excludes halogenated alkanes) is 1. The van der Waals surface area contributed by atoms with E-state index in [1.54, 1.807) is 18.2 Å². The molecule has 2 amide bonds. The molecule has 0 radical (unpaired) electrons. The first-order valence-electron chi connectivity index (χ1n) is 10.8. The van der Waals surface area contributed by atoms with Crippen molar-refractivity contribution in [1.82, 2.24) is 9.97 Å². The SMILES string of the molecule is CCCCc1ccc(N2C(=O)C(Cl)=C(Nc3ccc(S(=O)(=O)Nc4ncccn4)cc3)C2=O)cc1. The molecule has 1 aromatic heterocycles. The molecule has 3 aromatic rings. The van der Waals surface area contributed by atoms with Crippen molar-refractivity contribution in [3.63, 3.8) is 0 Å². The summed E-state index contributed by atoms with van der Waals surface area (Å²) in [5.74, 6) is -1.28. The number of carbonyl (C=O) groups excluding carboxylic acids is 2. The number of hydrogen-bond donors (Lipinski definition) is 2. The Labute approximate surface area is 207 Å². The van der Waals surface area contributed by atoms with Gasteiger partial charge in [-0.15, -0.1) is 0 Å². The van der Waals surface area contributed by atoms with Crippen LogP contribution in [0.15, 0.2) is 82.6 Å². The number of sulfonamides is 1. The number of nitrogens with one attached hydrogen (secondary N) is 2. The first-order valence-corrected chi connectivity index (χ1v) is 12.7. The number of anilines is 3. The van der Waals surface area contributed by atoms with Gasteiger partial charge < -0.3 is 5.32 Å². The van der Waals surface area contributed by atoms with Crippen LogP contribution in [0, 0.1) is 0 Å². The zero-order chi connectivity index (χ0) is 25.0. The van der Waals surface area contributed by atoms with Gasteiger partial charge in [0.05, 0.1) is 10.6 Å². The minimum absolute atomic E-state index is 0.0332. The molecule has 0 saturated heterocycles. The molecule has 0 aliphatic carbocycles. The molecule has 1 aliphatic rings. The van der Waals surface area contributed by atoms with Crippen molar-refractivity contribution in [1.29, 1.82) is 0 Å². The highest BCUT2D eigenvalue weighted by atomic mass is 35.5. The minimum atomic E-state index is -3.91. The van der Waals surface area contributed by atoms with Crippen LogP contribution < -0.4 is 14.9 Å². The fourth-order valence-corrected chi connectivity index (χ4v) is 4.60. The molecule has 0 fully saturated rings. The van der Waals surface area contributed by atoms with Crippen LogP contribution in [-0.4, -0.2) is 30.2 Å². The van der Waals surface area contributed by atoms with E-state index in [4.69, 9.17) is 11.6 Å². The fraction of sp³-hybridized carbons (Fsp3) is 0.167. The molecule has 0 saturated carbocycles. The van der Waals surface area contributed by atoms with Gasteiger partial charge in [0.1, 0.15) is 10.7 Å². The maximum absolute atomic E-state index is 13.0. The first kappa shape index (κ1) is 24.4. The second kappa shape index (κ2) is 10.2. The second-order valence-electron chi connectivity index (χ2n) is 7.73. The van der Waals surface area contributed by atoms with E-state index >= 15 is 0 Å². The number of aryl methyl sites for hydroxylation is 1. The normalized spacial score (nSPS) is 13.9. The Hall–Kier alpha value is -3.76. The fourth-order valence-electron chi connectivity index (χ4n) is 3.43. The molecule has 11 heteroatoms. The van der Waals surface area contributed by atoms with Crippen LogP contribution in [0.3, 0.4) is 0 Å². The molecule has 0 spiro atoms. The average Bonchev–Trinajstić information content (AvgIpc) is 3.07. The van der Waals surface area contributed by atoms with Crippen LogP contribution >= 0.6 is 11.6 Å². The van der Waals surface area contributed by atoms with Crippen molar-refractivity contribution >= 4 is 50.8 Å². The Balaban J connectivity index is 1.48. The summed E-state index contributed by atoms with van der Waals surface area (Å²) >= 11 is 6.20. The number of benzene rings is 2. The number of carbonyl (C=O) groups is 2. The number of halogens is 1. The van der Waals surface area contributed by atoms with E-state index in [1.165, 1.54) is 36.7 Å². The van der Waals surface area contributed by atoms with Gasteiger partial charge in [-0.25, -0.2) is 28.0 Å². The van der Waals surface area contributed by atoms with Crippen molar-refractivity contribution in [2.45, 2.75) is 31.1 Å². The molecular weight excluding hydrogens is 490 g/mol. The summed E-state index contributed by atoms with van der Waals surface area (Å²) < 4.78 is 27.4. The summed E-state index contributed by atoms with van der Waals surface area (Å²) in [4.78, 5) is 34.4. The lowest BCUT2D eigenvalue weighted by Crippen LogP contribution is -2.32. The number of hydrogen-bond acceptors (Lipinski definition) is 7. The van der Waals surface area contributed by atoms with E-state index in [2.05, 4.69) is 26.9 Å².